The van der Waals surface area contributed by atoms with Crippen molar-refractivity contribution in [2.24, 2.45) is 0 Å². The van der Waals surface area contributed by atoms with Gasteiger partial charge in [0.2, 0.25) is 0 Å². The zero-order valence-electron chi connectivity index (χ0n) is 9.35. The number of rotatable bonds is 5. The topological polar surface area (TPSA) is 0 Å². The number of hydrogen-bond donors (Lipinski definition) is 0. The molecule has 0 aliphatic carbocycles. The molecule has 0 spiro atoms. The van der Waals surface area contributed by atoms with Gasteiger partial charge in [-0.25, -0.2) is 0 Å². The lowest BCUT2D eigenvalue weighted by atomic mass is 10.2. The van der Waals surface area contributed by atoms with Gasteiger partial charge in [-0.1, -0.05) is 6.92 Å². The van der Waals surface area contributed by atoms with Crippen LogP contribution in [0.2, 0.25) is 0 Å². The minimum atomic E-state index is 1.16. The average Bonchev–Trinajstić information content (AvgIpc) is 2.09. The van der Waals surface area contributed by atoms with Gasteiger partial charge in [0.15, 0.2) is 0 Å². The zero-order chi connectivity index (χ0) is 9.61. The molecule has 72 valence electrons. The van der Waals surface area contributed by atoms with Gasteiger partial charge in [-0.2, -0.15) is 0 Å². The summed E-state index contributed by atoms with van der Waals surface area (Å²) in [5, 5.41) is 0. The molecule has 0 amide bonds. The highest BCUT2D eigenvalue weighted by Gasteiger charge is 2.22. The molecular formula is C11H24N+. The third-order valence-electron chi connectivity index (χ3n) is 3.06. The summed E-state index contributed by atoms with van der Waals surface area (Å²) in [5.41, 5.74) is 1.53. The van der Waals surface area contributed by atoms with Crippen molar-refractivity contribution < 1.29 is 4.48 Å². The van der Waals surface area contributed by atoms with Crippen LogP contribution in [0.15, 0.2) is 11.8 Å². The van der Waals surface area contributed by atoms with Crippen molar-refractivity contribution in [3.05, 3.63) is 11.8 Å². The summed E-state index contributed by atoms with van der Waals surface area (Å²) in [5.74, 6) is 0. The molecule has 0 aromatic rings. The van der Waals surface area contributed by atoms with E-state index in [1.54, 1.807) is 0 Å². The minimum Gasteiger partial charge on any atom is -0.296 e. The first-order valence-corrected chi connectivity index (χ1v) is 5.20. The summed E-state index contributed by atoms with van der Waals surface area (Å²) >= 11 is 0. The quantitative estimate of drug-likeness (QED) is 0.556. The third-order valence-corrected chi connectivity index (χ3v) is 3.06. The first-order chi connectivity index (χ1) is 5.66. The Morgan fingerprint density at radius 3 is 1.67 bits per heavy atom. The van der Waals surface area contributed by atoms with Crippen molar-refractivity contribution in [1.29, 1.82) is 0 Å². The molecule has 1 heteroatoms. The molecule has 0 saturated heterocycles. The molecule has 0 unspecified atom stereocenters. The predicted octanol–water partition coefficient (Wildman–Crippen LogP) is 3.18. The SMILES string of the molecule is CC/C=C(\C)[N+](CC)(CC)CC. The van der Waals surface area contributed by atoms with E-state index in [0.717, 1.165) is 10.9 Å². The smallest absolute Gasteiger partial charge is 0.102 e. The average molecular weight is 170 g/mol. The lowest BCUT2D eigenvalue weighted by Gasteiger charge is -2.36. The van der Waals surface area contributed by atoms with E-state index in [2.05, 4.69) is 40.7 Å². The Morgan fingerprint density at radius 1 is 1.00 bits per heavy atom. The van der Waals surface area contributed by atoms with Crippen molar-refractivity contribution in [3.63, 3.8) is 0 Å². The Hall–Kier alpha value is -0.300. The molecule has 0 heterocycles. The highest BCUT2D eigenvalue weighted by Crippen LogP contribution is 2.16. The minimum absolute atomic E-state index is 1.16. The predicted molar refractivity (Wildman–Crippen MR) is 55.9 cm³/mol. The molecule has 0 N–H and O–H groups in total. The Labute approximate surface area is 77.7 Å². The monoisotopic (exact) mass is 170 g/mol. The summed E-state index contributed by atoms with van der Waals surface area (Å²) in [6.07, 6.45) is 3.52. The van der Waals surface area contributed by atoms with Crippen LogP contribution in [0.4, 0.5) is 0 Å². The maximum absolute atomic E-state index is 2.36. The highest BCUT2D eigenvalue weighted by atomic mass is 15.3. The second kappa shape index (κ2) is 5.36. The molecule has 0 aliphatic heterocycles. The maximum Gasteiger partial charge on any atom is 0.102 e. The maximum atomic E-state index is 2.36. The van der Waals surface area contributed by atoms with Crippen LogP contribution in [-0.4, -0.2) is 24.1 Å². The standard InChI is InChI=1S/C11H24N/c1-6-10-11(5)12(7-2,8-3)9-4/h10H,6-9H2,1-5H3/q+1/b11-10+. The van der Waals surface area contributed by atoms with E-state index in [1.165, 1.54) is 25.3 Å². The molecular weight excluding hydrogens is 146 g/mol. The van der Waals surface area contributed by atoms with Crippen LogP contribution in [0.3, 0.4) is 0 Å². The molecule has 0 saturated carbocycles. The van der Waals surface area contributed by atoms with Crippen molar-refractivity contribution in [1.82, 2.24) is 0 Å². The van der Waals surface area contributed by atoms with Gasteiger partial charge in [-0.15, -0.1) is 0 Å². The molecule has 0 atom stereocenters. The molecule has 0 aromatic carbocycles. The van der Waals surface area contributed by atoms with Gasteiger partial charge >= 0.3 is 0 Å². The van der Waals surface area contributed by atoms with Crippen LogP contribution in [0.25, 0.3) is 0 Å². The van der Waals surface area contributed by atoms with Crippen LogP contribution in [0.5, 0.6) is 0 Å². The Bertz CT molecular complexity index is 135. The second-order valence-electron chi connectivity index (χ2n) is 3.35. The van der Waals surface area contributed by atoms with E-state index in [1.807, 2.05) is 0 Å². The number of hydrogen-bond acceptors (Lipinski definition) is 0. The Kier molecular flexibility index (Phi) is 5.23. The first kappa shape index (κ1) is 11.7. The fourth-order valence-corrected chi connectivity index (χ4v) is 1.91. The lowest BCUT2D eigenvalue weighted by Crippen LogP contribution is -2.45. The van der Waals surface area contributed by atoms with Crippen LogP contribution < -0.4 is 0 Å². The molecule has 1 nitrogen and oxygen atoms in total. The van der Waals surface area contributed by atoms with Gasteiger partial charge in [-0.3, -0.25) is 4.48 Å². The Morgan fingerprint density at radius 2 is 1.42 bits per heavy atom. The summed E-state index contributed by atoms with van der Waals surface area (Å²) in [4.78, 5) is 0. The molecule has 0 aromatic heterocycles. The summed E-state index contributed by atoms with van der Waals surface area (Å²) in [7, 11) is 0. The first-order valence-electron chi connectivity index (χ1n) is 5.20. The van der Waals surface area contributed by atoms with Gasteiger partial charge in [0.1, 0.15) is 5.70 Å². The van der Waals surface area contributed by atoms with Crippen molar-refractivity contribution >= 4 is 0 Å². The van der Waals surface area contributed by atoms with E-state index >= 15 is 0 Å². The van der Waals surface area contributed by atoms with Crippen LogP contribution in [-0.2, 0) is 0 Å². The third kappa shape index (κ3) is 2.34. The van der Waals surface area contributed by atoms with Crippen molar-refractivity contribution in [2.75, 3.05) is 19.6 Å². The fraction of sp³-hybridized carbons (Fsp3) is 0.818. The lowest BCUT2D eigenvalue weighted by molar-refractivity contribution is -0.887. The molecule has 0 aliphatic rings. The van der Waals surface area contributed by atoms with Crippen molar-refractivity contribution in [2.45, 2.75) is 41.0 Å². The number of quaternary nitrogens is 1. The van der Waals surface area contributed by atoms with E-state index in [9.17, 15) is 0 Å². The fourth-order valence-electron chi connectivity index (χ4n) is 1.91. The zero-order valence-corrected chi connectivity index (χ0v) is 9.35. The van der Waals surface area contributed by atoms with E-state index in [-0.39, 0.29) is 0 Å². The molecule has 12 heavy (non-hydrogen) atoms. The summed E-state index contributed by atoms with van der Waals surface area (Å²) < 4.78 is 1.16. The van der Waals surface area contributed by atoms with Crippen LogP contribution in [0.1, 0.15) is 41.0 Å². The number of nitrogens with zero attached hydrogens (tertiary/aromatic N) is 1. The van der Waals surface area contributed by atoms with Gasteiger partial charge in [0.25, 0.3) is 0 Å². The van der Waals surface area contributed by atoms with Gasteiger partial charge < -0.3 is 0 Å². The van der Waals surface area contributed by atoms with Crippen LogP contribution in [0, 0.1) is 0 Å². The van der Waals surface area contributed by atoms with E-state index < -0.39 is 0 Å². The second-order valence-corrected chi connectivity index (χ2v) is 3.35. The van der Waals surface area contributed by atoms with Gasteiger partial charge in [-0.05, 0) is 33.3 Å². The van der Waals surface area contributed by atoms with Gasteiger partial charge in [0.05, 0.1) is 19.6 Å². The molecule has 0 fully saturated rings. The van der Waals surface area contributed by atoms with Crippen LogP contribution >= 0.6 is 0 Å². The molecule has 0 radical (unpaired) electrons. The molecule has 0 bridgehead atoms. The van der Waals surface area contributed by atoms with Crippen molar-refractivity contribution in [3.8, 4) is 0 Å². The summed E-state index contributed by atoms with van der Waals surface area (Å²) in [6, 6.07) is 0. The normalized spacial score (nSPS) is 13.6. The highest BCUT2D eigenvalue weighted by molar-refractivity contribution is 4.88. The largest absolute Gasteiger partial charge is 0.296 e. The summed E-state index contributed by atoms with van der Waals surface area (Å²) in [6.45, 7) is 15.0. The molecule has 0 rings (SSSR count). The Balaban J connectivity index is 4.58. The van der Waals surface area contributed by atoms with Gasteiger partial charge in [0, 0.05) is 6.92 Å². The van der Waals surface area contributed by atoms with E-state index in [0.29, 0.717) is 0 Å². The number of allylic oxidation sites excluding steroid dienone is 2. The van der Waals surface area contributed by atoms with E-state index in [4.69, 9.17) is 0 Å².